The molecule has 0 spiro atoms. The predicted molar refractivity (Wildman–Crippen MR) is 75.7 cm³/mol. The van der Waals surface area contributed by atoms with Gasteiger partial charge < -0.3 is 0 Å². The van der Waals surface area contributed by atoms with E-state index >= 15 is 0 Å². The summed E-state index contributed by atoms with van der Waals surface area (Å²) in [7, 11) is 0. The fourth-order valence-corrected chi connectivity index (χ4v) is 2.93. The summed E-state index contributed by atoms with van der Waals surface area (Å²) in [5.74, 6) is 0.874. The molecular formula is C11H11Cl2N3O2S. The van der Waals surface area contributed by atoms with Crippen molar-refractivity contribution in [1.29, 1.82) is 0 Å². The third-order valence-corrected chi connectivity index (χ3v) is 4.05. The van der Waals surface area contributed by atoms with Gasteiger partial charge in [0.1, 0.15) is 10.3 Å². The highest BCUT2D eigenvalue weighted by molar-refractivity contribution is 8.13. The van der Waals surface area contributed by atoms with E-state index in [0.29, 0.717) is 18.7 Å². The number of hydrogen-bond acceptors (Lipinski definition) is 5. The number of anilines is 1. The largest absolute Gasteiger partial charge is 0.288 e. The number of hydrogen-bond donors (Lipinski definition) is 0. The minimum atomic E-state index is -0.0764. The van der Waals surface area contributed by atoms with Crippen molar-refractivity contribution in [3.05, 3.63) is 16.4 Å². The van der Waals surface area contributed by atoms with E-state index in [1.54, 1.807) is 0 Å². The van der Waals surface area contributed by atoms with E-state index in [1.807, 2.05) is 0 Å². The minimum Gasteiger partial charge on any atom is -0.288 e. The highest BCUT2D eigenvalue weighted by atomic mass is 35.5. The summed E-state index contributed by atoms with van der Waals surface area (Å²) in [4.78, 5) is 32.3. The average Bonchev–Trinajstić information content (AvgIpc) is 2.66. The molecule has 1 aliphatic heterocycles. The Balaban J connectivity index is 2.09. The van der Waals surface area contributed by atoms with Crippen LogP contribution in [-0.2, 0) is 9.59 Å². The SMILES string of the molecule is CC(=O)SCC1CC(=O)N(c2nc(Cl)cc(Cl)n2)C1. The molecule has 102 valence electrons. The first-order valence-corrected chi connectivity index (χ1v) is 7.33. The van der Waals surface area contributed by atoms with Gasteiger partial charge >= 0.3 is 0 Å². The first-order valence-electron chi connectivity index (χ1n) is 5.59. The molecule has 5 nitrogen and oxygen atoms in total. The van der Waals surface area contributed by atoms with Crippen LogP contribution in [0.5, 0.6) is 0 Å². The quantitative estimate of drug-likeness (QED) is 0.800. The van der Waals surface area contributed by atoms with Crippen LogP contribution in [0.4, 0.5) is 5.95 Å². The zero-order chi connectivity index (χ0) is 14.0. The monoisotopic (exact) mass is 319 g/mol. The van der Waals surface area contributed by atoms with Gasteiger partial charge in [-0.2, -0.15) is 0 Å². The van der Waals surface area contributed by atoms with Crippen molar-refractivity contribution in [3.8, 4) is 0 Å². The maximum atomic E-state index is 11.9. The van der Waals surface area contributed by atoms with Crippen molar-refractivity contribution in [2.45, 2.75) is 13.3 Å². The van der Waals surface area contributed by atoms with Crippen LogP contribution in [0, 0.1) is 5.92 Å². The van der Waals surface area contributed by atoms with Crippen molar-refractivity contribution in [2.75, 3.05) is 17.2 Å². The van der Waals surface area contributed by atoms with Crippen molar-refractivity contribution in [1.82, 2.24) is 9.97 Å². The van der Waals surface area contributed by atoms with Gasteiger partial charge in [0, 0.05) is 31.7 Å². The number of aromatic nitrogens is 2. The first kappa shape index (κ1) is 14.6. The van der Waals surface area contributed by atoms with Crippen LogP contribution in [0.15, 0.2) is 6.07 Å². The van der Waals surface area contributed by atoms with Crippen LogP contribution < -0.4 is 4.90 Å². The lowest BCUT2D eigenvalue weighted by atomic mass is 10.1. The fraction of sp³-hybridized carbons (Fsp3) is 0.455. The van der Waals surface area contributed by atoms with Crippen molar-refractivity contribution < 1.29 is 9.59 Å². The number of thioether (sulfide) groups is 1. The molecule has 1 saturated heterocycles. The van der Waals surface area contributed by atoms with E-state index in [2.05, 4.69) is 9.97 Å². The van der Waals surface area contributed by atoms with E-state index < -0.39 is 0 Å². The van der Waals surface area contributed by atoms with Gasteiger partial charge in [-0.3, -0.25) is 14.5 Å². The molecule has 8 heteroatoms. The second-order valence-electron chi connectivity index (χ2n) is 4.19. The second kappa shape index (κ2) is 6.07. The Bertz CT molecular complexity index is 506. The molecule has 1 unspecified atom stereocenters. The summed E-state index contributed by atoms with van der Waals surface area (Å²) in [6.45, 7) is 1.99. The topological polar surface area (TPSA) is 63.2 Å². The van der Waals surface area contributed by atoms with E-state index in [9.17, 15) is 9.59 Å². The lowest BCUT2D eigenvalue weighted by Gasteiger charge is -2.14. The molecule has 0 radical (unpaired) electrons. The number of carbonyl (C=O) groups is 2. The Morgan fingerprint density at radius 2 is 2.11 bits per heavy atom. The van der Waals surface area contributed by atoms with Gasteiger partial charge in [-0.25, -0.2) is 9.97 Å². The second-order valence-corrected chi connectivity index (χ2v) is 6.16. The van der Waals surface area contributed by atoms with Gasteiger partial charge in [0.05, 0.1) is 0 Å². The molecule has 1 aliphatic rings. The zero-order valence-electron chi connectivity index (χ0n) is 10.1. The van der Waals surface area contributed by atoms with Crippen LogP contribution in [0.2, 0.25) is 10.3 Å². The molecule has 1 fully saturated rings. The highest BCUT2D eigenvalue weighted by Crippen LogP contribution is 2.27. The Morgan fingerprint density at radius 3 is 2.68 bits per heavy atom. The lowest BCUT2D eigenvalue weighted by Crippen LogP contribution is -2.27. The van der Waals surface area contributed by atoms with Crippen molar-refractivity contribution in [3.63, 3.8) is 0 Å². The van der Waals surface area contributed by atoms with Gasteiger partial charge in [0.2, 0.25) is 11.9 Å². The van der Waals surface area contributed by atoms with Crippen molar-refractivity contribution >= 4 is 51.9 Å². The molecule has 1 aromatic rings. The van der Waals surface area contributed by atoms with Crippen LogP contribution in [0.3, 0.4) is 0 Å². The van der Waals surface area contributed by atoms with Gasteiger partial charge in [-0.05, 0) is 5.92 Å². The molecule has 1 amide bonds. The number of rotatable bonds is 3. The number of amides is 1. The van der Waals surface area contributed by atoms with E-state index in [0.717, 1.165) is 0 Å². The Labute approximate surface area is 124 Å². The minimum absolute atomic E-state index is 0.0490. The molecular weight excluding hydrogens is 309 g/mol. The molecule has 19 heavy (non-hydrogen) atoms. The predicted octanol–water partition coefficient (Wildman–Crippen LogP) is 2.42. The highest BCUT2D eigenvalue weighted by Gasteiger charge is 2.32. The normalized spacial score (nSPS) is 19.0. The van der Waals surface area contributed by atoms with Crippen LogP contribution in [0.1, 0.15) is 13.3 Å². The Morgan fingerprint density at radius 1 is 1.47 bits per heavy atom. The van der Waals surface area contributed by atoms with Gasteiger partial charge in [0.25, 0.3) is 0 Å². The summed E-state index contributed by atoms with van der Waals surface area (Å²) < 4.78 is 0. The van der Waals surface area contributed by atoms with Crippen LogP contribution >= 0.6 is 35.0 Å². The third kappa shape index (κ3) is 3.81. The first-order chi connectivity index (χ1) is 8.95. The van der Waals surface area contributed by atoms with E-state index in [1.165, 1.54) is 29.7 Å². The smallest absolute Gasteiger partial charge is 0.234 e. The summed E-state index contributed by atoms with van der Waals surface area (Å²) in [5.41, 5.74) is 0. The number of carbonyl (C=O) groups excluding carboxylic acids is 2. The van der Waals surface area contributed by atoms with Gasteiger partial charge in [0.15, 0.2) is 5.12 Å². The van der Waals surface area contributed by atoms with E-state index in [-0.39, 0.29) is 33.2 Å². The molecule has 1 atom stereocenters. The van der Waals surface area contributed by atoms with Crippen LogP contribution in [0.25, 0.3) is 0 Å². The Kier molecular flexibility index (Phi) is 4.65. The van der Waals surface area contributed by atoms with Gasteiger partial charge in [-0.1, -0.05) is 35.0 Å². The molecule has 1 aromatic heterocycles. The number of nitrogens with zero attached hydrogens (tertiary/aromatic N) is 3. The van der Waals surface area contributed by atoms with E-state index in [4.69, 9.17) is 23.2 Å². The fourth-order valence-electron chi connectivity index (χ4n) is 1.82. The van der Waals surface area contributed by atoms with Crippen molar-refractivity contribution in [2.24, 2.45) is 5.92 Å². The Hall–Kier alpha value is -0.850. The summed E-state index contributed by atoms with van der Waals surface area (Å²) in [6.07, 6.45) is 0.383. The molecule has 0 aromatic carbocycles. The standard InChI is InChI=1S/C11H11Cl2N3O2S/c1-6(17)19-5-7-2-10(18)16(4-7)11-14-8(12)3-9(13)15-11/h3,7H,2,4-5H2,1H3. The summed E-state index contributed by atoms with van der Waals surface area (Å²) >= 11 is 12.8. The zero-order valence-corrected chi connectivity index (χ0v) is 12.4. The summed E-state index contributed by atoms with van der Waals surface area (Å²) in [6, 6.07) is 1.41. The number of halogens is 2. The average molecular weight is 320 g/mol. The lowest BCUT2D eigenvalue weighted by molar-refractivity contribution is -0.117. The molecule has 2 rings (SSSR count). The molecule has 0 saturated carbocycles. The maximum absolute atomic E-state index is 11.9. The maximum Gasteiger partial charge on any atom is 0.234 e. The van der Waals surface area contributed by atoms with Gasteiger partial charge in [-0.15, -0.1) is 0 Å². The third-order valence-electron chi connectivity index (χ3n) is 2.62. The molecule has 0 N–H and O–H groups in total. The molecule has 0 bridgehead atoms. The molecule has 0 aliphatic carbocycles. The summed E-state index contributed by atoms with van der Waals surface area (Å²) in [5, 5.41) is 0.446. The molecule has 2 heterocycles. The van der Waals surface area contributed by atoms with Crippen LogP contribution in [-0.4, -0.2) is 33.3 Å².